The molecule has 2 aromatic carbocycles. The third kappa shape index (κ3) is 2.36. The van der Waals surface area contributed by atoms with E-state index in [2.05, 4.69) is 41.0 Å². The van der Waals surface area contributed by atoms with Gasteiger partial charge in [0.15, 0.2) is 0 Å². The highest BCUT2D eigenvalue weighted by Crippen LogP contribution is 2.30. The number of nitrogens with zero attached hydrogens (tertiary/aromatic N) is 5. The minimum absolute atomic E-state index is 0.0245. The van der Waals surface area contributed by atoms with Gasteiger partial charge < -0.3 is 0 Å². The van der Waals surface area contributed by atoms with E-state index in [1.54, 1.807) is 0 Å². The summed E-state index contributed by atoms with van der Waals surface area (Å²) in [5, 5.41) is 9.68. The van der Waals surface area contributed by atoms with Crippen molar-refractivity contribution in [3.63, 3.8) is 0 Å². The minimum Gasteiger partial charge on any atom is -0.276 e. The lowest BCUT2D eigenvalue weighted by Crippen LogP contribution is -2.31. The van der Waals surface area contributed by atoms with E-state index in [1.807, 2.05) is 51.8 Å². The third-order valence-electron chi connectivity index (χ3n) is 5.51. The standard InChI is InChI=1S/C21H21N5O/c1-14(2)18-12-24-19(20(22-23-24)15-8-4-3-5-9-15)13-25-17-11-7-6-10-16(17)21(27)26(18)25/h3-11,14,18H,12-13H2,1-2H3/t18-/m1/s1. The molecule has 6 heteroatoms. The third-order valence-corrected chi connectivity index (χ3v) is 5.51. The van der Waals surface area contributed by atoms with Crippen LogP contribution in [0.3, 0.4) is 0 Å². The van der Waals surface area contributed by atoms with Crippen molar-refractivity contribution >= 4 is 10.9 Å². The fourth-order valence-corrected chi connectivity index (χ4v) is 4.07. The fraction of sp³-hybridized carbons (Fsp3) is 0.286. The minimum atomic E-state index is 0.0245. The van der Waals surface area contributed by atoms with E-state index in [-0.39, 0.29) is 11.6 Å². The normalized spacial score (nSPS) is 16.3. The van der Waals surface area contributed by atoms with Crippen LogP contribution in [0.5, 0.6) is 0 Å². The molecule has 5 rings (SSSR count). The summed E-state index contributed by atoms with van der Waals surface area (Å²) in [5.41, 5.74) is 4.01. The van der Waals surface area contributed by atoms with Crippen LogP contribution in [0.2, 0.25) is 0 Å². The molecule has 0 unspecified atom stereocenters. The summed E-state index contributed by atoms with van der Waals surface area (Å²) >= 11 is 0. The highest BCUT2D eigenvalue weighted by atomic mass is 16.1. The maximum Gasteiger partial charge on any atom is 0.274 e. The lowest BCUT2D eigenvalue weighted by Gasteiger charge is -2.22. The van der Waals surface area contributed by atoms with Gasteiger partial charge in [-0.2, -0.15) is 0 Å². The van der Waals surface area contributed by atoms with Gasteiger partial charge in [-0.15, -0.1) is 5.10 Å². The number of fused-ring (bicyclic) bond motifs is 4. The molecule has 6 nitrogen and oxygen atoms in total. The van der Waals surface area contributed by atoms with Crippen molar-refractivity contribution in [3.8, 4) is 11.3 Å². The van der Waals surface area contributed by atoms with E-state index in [0.717, 1.165) is 27.9 Å². The van der Waals surface area contributed by atoms with Crippen molar-refractivity contribution in [2.45, 2.75) is 33.0 Å². The second kappa shape index (κ2) is 5.94. The molecule has 0 radical (unpaired) electrons. The van der Waals surface area contributed by atoms with Gasteiger partial charge >= 0.3 is 0 Å². The second-order valence-electron chi connectivity index (χ2n) is 7.47. The van der Waals surface area contributed by atoms with Crippen molar-refractivity contribution in [2.75, 3.05) is 0 Å². The average Bonchev–Trinajstić information content (AvgIpc) is 3.14. The Hall–Kier alpha value is -3.15. The molecule has 0 fully saturated rings. The van der Waals surface area contributed by atoms with Crippen molar-refractivity contribution < 1.29 is 0 Å². The zero-order valence-corrected chi connectivity index (χ0v) is 15.4. The van der Waals surface area contributed by atoms with E-state index in [0.29, 0.717) is 19.0 Å². The SMILES string of the molecule is CC(C)[C@H]1Cn2nnc(-c3ccccc3)c2Cn2c3ccccc3c(=O)n21. The van der Waals surface area contributed by atoms with Crippen LogP contribution < -0.4 is 5.56 Å². The Kier molecular flexibility index (Phi) is 3.53. The van der Waals surface area contributed by atoms with E-state index >= 15 is 0 Å². The van der Waals surface area contributed by atoms with Gasteiger partial charge in [0, 0.05) is 5.56 Å². The predicted octanol–water partition coefficient (Wildman–Crippen LogP) is 3.32. The number of benzene rings is 2. The van der Waals surface area contributed by atoms with Crippen LogP contribution in [0, 0.1) is 5.92 Å². The first kappa shape index (κ1) is 16.1. The molecule has 2 aromatic heterocycles. The first-order chi connectivity index (χ1) is 13.1. The van der Waals surface area contributed by atoms with Gasteiger partial charge in [-0.3, -0.25) is 9.48 Å². The first-order valence-corrected chi connectivity index (χ1v) is 9.33. The molecule has 27 heavy (non-hydrogen) atoms. The topological polar surface area (TPSA) is 57.6 Å². The molecule has 0 spiro atoms. The van der Waals surface area contributed by atoms with Gasteiger partial charge in [0.05, 0.1) is 35.7 Å². The van der Waals surface area contributed by atoms with Crippen LogP contribution in [-0.2, 0) is 13.1 Å². The highest BCUT2D eigenvalue weighted by molar-refractivity contribution is 5.78. The molecule has 0 saturated carbocycles. The van der Waals surface area contributed by atoms with Crippen LogP contribution in [0.15, 0.2) is 59.4 Å². The van der Waals surface area contributed by atoms with Crippen LogP contribution >= 0.6 is 0 Å². The molecule has 3 heterocycles. The summed E-state index contributed by atoms with van der Waals surface area (Å²) in [4.78, 5) is 13.2. The molecule has 0 amide bonds. The molecular weight excluding hydrogens is 338 g/mol. The lowest BCUT2D eigenvalue weighted by molar-refractivity contribution is 0.276. The van der Waals surface area contributed by atoms with Crippen molar-refractivity contribution in [1.29, 1.82) is 0 Å². The quantitative estimate of drug-likeness (QED) is 0.552. The Morgan fingerprint density at radius 2 is 1.78 bits per heavy atom. The zero-order valence-electron chi connectivity index (χ0n) is 15.4. The molecule has 0 bridgehead atoms. The zero-order chi connectivity index (χ0) is 18.5. The number of para-hydroxylation sites is 1. The number of aromatic nitrogens is 5. The van der Waals surface area contributed by atoms with E-state index in [1.165, 1.54) is 0 Å². The highest BCUT2D eigenvalue weighted by Gasteiger charge is 2.30. The van der Waals surface area contributed by atoms with E-state index in [4.69, 9.17) is 0 Å². The molecule has 0 aliphatic carbocycles. The van der Waals surface area contributed by atoms with Crippen LogP contribution in [0.1, 0.15) is 25.6 Å². The molecule has 136 valence electrons. The van der Waals surface area contributed by atoms with E-state index in [9.17, 15) is 4.79 Å². The summed E-state index contributed by atoms with van der Waals surface area (Å²) in [6.45, 7) is 5.52. The molecular formula is C21H21N5O. The van der Waals surface area contributed by atoms with Gasteiger partial charge in [0.2, 0.25) is 0 Å². The molecule has 1 aliphatic rings. The van der Waals surface area contributed by atoms with Crippen molar-refractivity contribution in [2.24, 2.45) is 5.92 Å². The average molecular weight is 359 g/mol. The van der Waals surface area contributed by atoms with Gasteiger partial charge in [-0.25, -0.2) is 9.36 Å². The van der Waals surface area contributed by atoms with Gasteiger partial charge in [-0.05, 0) is 18.1 Å². The largest absolute Gasteiger partial charge is 0.276 e. The summed E-state index contributed by atoms with van der Waals surface area (Å²) in [6.07, 6.45) is 0. The second-order valence-corrected chi connectivity index (χ2v) is 7.47. The predicted molar refractivity (Wildman–Crippen MR) is 105 cm³/mol. The molecule has 1 aliphatic heterocycles. The monoisotopic (exact) mass is 359 g/mol. The van der Waals surface area contributed by atoms with Crippen molar-refractivity contribution in [1.82, 2.24) is 24.4 Å². The molecule has 4 aromatic rings. The summed E-state index contributed by atoms with van der Waals surface area (Å²) in [7, 11) is 0. The number of hydrogen-bond donors (Lipinski definition) is 0. The van der Waals surface area contributed by atoms with Gasteiger partial charge in [-0.1, -0.05) is 61.5 Å². The Labute approximate surface area is 156 Å². The Balaban J connectivity index is 1.78. The Morgan fingerprint density at radius 3 is 2.56 bits per heavy atom. The molecule has 0 N–H and O–H groups in total. The summed E-state index contributed by atoms with van der Waals surface area (Å²) in [6, 6.07) is 18.0. The smallest absolute Gasteiger partial charge is 0.274 e. The molecule has 1 atom stereocenters. The van der Waals surface area contributed by atoms with Gasteiger partial charge in [0.1, 0.15) is 5.69 Å². The maximum atomic E-state index is 13.2. The first-order valence-electron chi connectivity index (χ1n) is 9.33. The maximum absolute atomic E-state index is 13.2. The van der Waals surface area contributed by atoms with Gasteiger partial charge in [0.25, 0.3) is 5.56 Å². The molecule has 0 saturated heterocycles. The summed E-state index contributed by atoms with van der Waals surface area (Å²) < 4.78 is 6.01. The number of hydrogen-bond acceptors (Lipinski definition) is 3. The van der Waals surface area contributed by atoms with Crippen molar-refractivity contribution in [3.05, 3.63) is 70.6 Å². The fourth-order valence-electron chi connectivity index (χ4n) is 4.07. The van der Waals surface area contributed by atoms with Crippen LogP contribution in [0.25, 0.3) is 22.2 Å². The van der Waals surface area contributed by atoms with Crippen LogP contribution in [0.4, 0.5) is 0 Å². The lowest BCUT2D eigenvalue weighted by atomic mass is 10.0. The van der Waals surface area contributed by atoms with Crippen LogP contribution in [-0.4, -0.2) is 24.4 Å². The Bertz CT molecular complexity index is 1180. The Morgan fingerprint density at radius 1 is 1.04 bits per heavy atom. The number of rotatable bonds is 2. The van der Waals surface area contributed by atoms with E-state index < -0.39 is 0 Å². The summed E-state index contributed by atoms with van der Waals surface area (Å²) in [5.74, 6) is 0.293.